The highest BCUT2D eigenvalue weighted by Gasteiger charge is 2.35. The molecule has 2 saturated carbocycles. The fourth-order valence-corrected chi connectivity index (χ4v) is 6.20. The molecule has 4 rings (SSSR count). The molecule has 1 N–H and O–H groups in total. The molecule has 1 aromatic carbocycles. The first-order valence-corrected chi connectivity index (χ1v) is 13.6. The van der Waals surface area contributed by atoms with Gasteiger partial charge < -0.3 is 9.47 Å². The van der Waals surface area contributed by atoms with Gasteiger partial charge in [0.05, 0.1) is 17.6 Å². The molecule has 9 heteroatoms. The molecule has 8 nitrogen and oxygen atoms in total. The second-order valence-electron chi connectivity index (χ2n) is 9.13. The predicted octanol–water partition coefficient (Wildman–Crippen LogP) is 2.83. The first-order valence-electron chi connectivity index (χ1n) is 11.7. The first kappa shape index (κ1) is 23.8. The monoisotopic (exact) mass is 476 g/mol. The van der Waals surface area contributed by atoms with Crippen molar-refractivity contribution < 1.29 is 17.9 Å². The minimum atomic E-state index is -3.26. The number of aromatic nitrogens is 2. The molecule has 2 aromatic rings. The summed E-state index contributed by atoms with van der Waals surface area (Å²) in [4.78, 5) is 24.9. The predicted molar refractivity (Wildman–Crippen MR) is 125 cm³/mol. The van der Waals surface area contributed by atoms with E-state index in [9.17, 15) is 18.0 Å². The molecular formula is C24H32N2O6S. The van der Waals surface area contributed by atoms with Gasteiger partial charge in [-0.05, 0) is 68.6 Å². The van der Waals surface area contributed by atoms with Crippen LogP contribution in [0, 0.1) is 5.92 Å². The number of rotatable bonds is 12. The second-order valence-corrected chi connectivity index (χ2v) is 11.4. The van der Waals surface area contributed by atoms with Crippen molar-refractivity contribution >= 4 is 9.84 Å². The highest BCUT2D eigenvalue weighted by Crippen LogP contribution is 2.44. The fourth-order valence-electron chi connectivity index (χ4n) is 4.47. The summed E-state index contributed by atoms with van der Waals surface area (Å²) < 4.78 is 38.5. The van der Waals surface area contributed by atoms with E-state index in [4.69, 9.17) is 9.47 Å². The van der Waals surface area contributed by atoms with Crippen LogP contribution in [0.2, 0.25) is 0 Å². The summed E-state index contributed by atoms with van der Waals surface area (Å²) in [6.45, 7) is 0.178. The minimum absolute atomic E-state index is 0.0113. The summed E-state index contributed by atoms with van der Waals surface area (Å²) in [5.41, 5.74) is 0.0231. The quantitative estimate of drug-likeness (QED) is 0.472. The third-order valence-corrected chi connectivity index (χ3v) is 8.16. The highest BCUT2D eigenvalue weighted by molar-refractivity contribution is 7.91. The van der Waals surface area contributed by atoms with Crippen LogP contribution in [0.15, 0.2) is 46.1 Å². The Morgan fingerprint density at radius 3 is 2.61 bits per heavy atom. The molecule has 0 radical (unpaired) electrons. The molecule has 1 aromatic heterocycles. The van der Waals surface area contributed by atoms with E-state index in [0.717, 1.165) is 37.0 Å². The molecule has 0 spiro atoms. The standard InChI is InChI=1S/C24H32N2O6S/c27-23-11-12-26(24(28)25-23)17-31-13-4-14-33(29,30)16-22(18-9-10-18)19-5-3-8-21(15-19)32-20-6-1-2-7-20/h3,5,8,11-12,15,18,20,22H,1-2,4,6-7,9-10,13-14,16-17H2,(H,25,27,28)/t22-/m1/s1. The summed E-state index contributed by atoms with van der Waals surface area (Å²) in [6, 6.07) is 9.22. The van der Waals surface area contributed by atoms with E-state index < -0.39 is 21.1 Å². The molecule has 2 fully saturated rings. The normalized spacial score (nSPS) is 17.8. The Balaban J connectivity index is 1.29. The summed E-state index contributed by atoms with van der Waals surface area (Å²) in [6.07, 6.45) is 8.68. The van der Waals surface area contributed by atoms with Gasteiger partial charge in [-0.2, -0.15) is 0 Å². The van der Waals surface area contributed by atoms with Crippen molar-refractivity contribution in [3.05, 3.63) is 62.9 Å². The molecule has 1 heterocycles. The Kier molecular flexibility index (Phi) is 7.70. The van der Waals surface area contributed by atoms with Gasteiger partial charge in [-0.25, -0.2) is 13.2 Å². The average molecular weight is 477 g/mol. The van der Waals surface area contributed by atoms with Crippen LogP contribution in [0.5, 0.6) is 5.75 Å². The summed E-state index contributed by atoms with van der Waals surface area (Å²) >= 11 is 0. The lowest BCUT2D eigenvalue weighted by molar-refractivity contribution is 0.0745. The van der Waals surface area contributed by atoms with Crippen LogP contribution >= 0.6 is 0 Å². The van der Waals surface area contributed by atoms with Gasteiger partial charge in [-0.1, -0.05) is 12.1 Å². The lowest BCUT2D eigenvalue weighted by Crippen LogP contribution is -2.29. The maximum absolute atomic E-state index is 12.9. The number of hydrogen-bond acceptors (Lipinski definition) is 6. The van der Waals surface area contributed by atoms with E-state index in [0.29, 0.717) is 12.3 Å². The Bertz CT molecular complexity index is 1150. The third kappa shape index (κ3) is 7.04. The van der Waals surface area contributed by atoms with Crippen molar-refractivity contribution in [3.63, 3.8) is 0 Å². The lowest BCUT2D eigenvalue weighted by atomic mass is 9.96. The maximum Gasteiger partial charge on any atom is 0.330 e. The van der Waals surface area contributed by atoms with Crippen LogP contribution in [0.25, 0.3) is 0 Å². The van der Waals surface area contributed by atoms with Gasteiger partial charge in [0.2, 0.25) is 0 Å². The molecule has 0 saturated heterocycles. The van der Waals surface area contributed by atoms with E-state index in [1.54, 1.807) is 0 Å². The van der Waals surface area contributed by atoms with E-state index in [1.807, 2.05) is 24.3 Å². The molecular weight excluding hydrogens is 444 g/mol. The highest BCUT2D eigenvalue weighted by atomic mass is 32.2. The number of nitrogens with zero attached hydrogens (tertiary/aromatic N) is 1. The van der Waals surface area contributed by atoms with Gasteiger partial charge in [0.1, 0.15) is 12.5 Å². The van der Waals surface area contributed by atoms with Crippen molar-refractivity contribution in [1.82, 2.24) is 9.55 Å². The lowest BCUT2D eigenvalue weighted by Gasteiger charge is -2.19. The molecule has 180 valence electrons. The third-order valence-electron chi connectivity index (χ3n) is 6.39. The van der Waals surface area contributed by atoms with Gasteiger partial charge in [0.25, 0.3) is 5.56 Å². The maximum atomic E-state index is 12.9. The number of hydrogen-bond donors (Lipinski definition) is 1. The largest absolute Gasteiger partial charge is 0.490 e. The number of aromatic amines is 1. The topological polar surface area (TPSA) is 107 Å². The number of benzene rings is 1. The molecule has 0 aliphatic heterocycles. The molecule has 0 amide bonds. The second kappa shape index (κ2) is 10.7. The van der Waals surface area contributed by atoms with Crippen LogP contribution in [-0.2, 0) is 21.3 Å². The molecule has 0 unspecified atom stereocenters. The van der Waals surface area contributed by atoms with Gasteiger partial charge >= 0.3 is 5.69 Å². The molecule has 0 bridgehead atoms. The van der Waals surface area contributed by atoms with E-state index in [2.05, 4.69) is 4.98 Å². The Morgan fingerprint density at radius 2 is 1.88 bits per heavy atom. The van der Waals surface area contributed by atoms with Crippen molar-refractivity contribution in [2.24, 2.45) is 5.92 Å². The zero-order valence-electron chi connectivity index (χ0n) is 18.8. The zero-order chi connectivity index (χ0) is 23.3. The van der Waals surface area contributed by atoms with E-state index in [1.165, 1.54) is 29.7 Å². The zero-order valence-corrected chi connectivity index (χ0v) is 19.6. The molecule has 1 atom stereocenters. The van der Waals surface area contributed by atoms with Crippen molar-refractivity contribution in [3.8, 4) is 5.75 Å². The number of H-pyrrole nitrogens is 1. The SMILES string of the molecule is O=c1ccn(COCCCS(=O)(=O)C[C@@H](c2cccc(OC3CCCC3)c2)C2CC2)c(=O)[nH]1. The van der Waals surface area contributed by atoms with Crippen LogP contribution < -0.4 is 16.0 Å². The van der Waals surface area contributed by atoms with E-state index in [-0.39, 0.29) is 36.9 Å². The molecule has 2 aliphatic rings. The van der Waals surface area contributed by atoms with Crippen LogP contribution in [0.3, 0.4) is 0 Å². The van der Waals surface area contributed by atoms with E-state index >= 15 is 0 Å². The Hall–Kier alpha value is -2.39. The van der Waals surface area contributed by atoms with Gasteiger partial charge in [-0.3, -0.25) is 14.3 Å². The van der Waals surface area contributed by atoms with Crippen LogP contribution in [0.4, 0.5) is 0 Å². The van der Waals surface area contributed by atoms with Crippen molar-refractivity contribution in [2.45, 2.75) is 63.7 Å². The van der Waals surface area contributed by atoms with Crippen LogP contribution in [0.1, 0.15) is 56.4 Å². The van der Waals surface area contributed by atoms with Gasteiger partial charge in [0, 0.05) is 24.8 Å². The van der Waals surface area contributed by atoms with Crippen molar-refractivity contribution in [2.75, 3.05) is 18.1 Å². The number of nitrogens with one attached hydrogen (secondary N) is 1. The Labute approximate surface area is 193 Å². The number of ether oxygens (including phenoxy) is 2. The minimum Gasteiger partial charge on any atom is -0.490 e. The smallest absolute Gasteiger partial charge is 0.330 e. The fraction of sp³-hybridized carbons (Fsp3) is 0.583. The summed E-state index contributed by atoms with van der Waals surface area (Å²) in [5.74, 6) is 1.40. The summed E-state index contributed by atoms with van der Waals surface area (Å²) in [5, 5.41) is 0. The summed E-state index contributed by atoms with van der Waals surface area (Å²) in [7, 11) is -3.26. The van der Waals surface area contributed by atoms with Crippen LogP contribution in [-0.4, -0.2) is 42.2 Å². The number of sulfone groups is 1. The van der Waals surface area contributed by atoms with Crippen molar-refractivity contribution in [1.29, 1.82) is 0 Å². The average Bonchev–Trinajstić information content (AvgIpc) is 3.50. The van der Waals surface area contributed by atoms with Gasteiger partial charge in [0.15, 0.2) is 9.84 Å². The van der Waals surface area contributed by atoms with Gasteiger partial charge in [-0.15, -0.1) is 0 Å². The molecule has 33 heavy (non-hydrogen) atoms. The first-order chi connectivity index (χ1) is 15.9. The molecule has 2 aliphatic carbocycles. The Morgan fingerprint density at radius 1 is 1.09 bits per heavy atom.